The normalized spacial score (nSPS) is 16.1. The van der Waals surface area contributed by atoms with Crippen LogP contribution in [0.3, 0.4) is 0 Å². The van der Waals surface area contributed by atoms with E-state index in [9.17, 15) is 9.59 Å². The van der Waals surface area contributed by atoms with E-state index in [0.29, 0.717) is 31.6 Å². The van der Waals surface area contributed by atoms with E-state index in [1.54, 1.807) is 4.90 Å². The molecule has 1 unspecified atom stereocenters. The zero-order valence-electron chi connectivity index (χ0n) is 19.9. The molecule has 1 fully saturated rings. The summed E-state index contributed by atoms with van der Waals surface area (Å²) >= 11 is 13.1. The fraction of sp³-hybridized carbons (Fsp3) is 0.375. The Bertz CT molecular complexity index is 1190. The Kier molecular flexibility index (Phi) is 8.47. The summed E-state index contributed by atoms with van der Waals surface area (Å²) in [5.74, 6) is 0.619. The van der Waals surface area contributed by atoms with Crippen molar-refractivity contribution in [2.75, 3.05) is 46.6 Å². The number of amides is 1. The molecule has 188 valence electrons. The molecule has 3 rings (SSSR count). The molecule has 0 spiro atoms. The van der Waals surface area contributed by atoms with E-state index in [1.165, 1.54) is 37.0 Å². The monoisotopic (exact) mass is 521 g/mol. The molecule has 2 heterocycles. The molecule has 1 atom stereocenters. The minimum Gasteiger partial charge on any atom is -0.495 e. The molecule has 0 saturated carbocycles. The zero-order valence-corrected chi connectivity index (χ0v) is 21.4. The molecular weight excluding hydrogens is 493 g/mol. The molecule has 1 aromatic heterocycles. The van der Waals surface area contributed by atoms with Crippen molar-refractivity contribution in [3.8, 4) is 22.6 Å². The number of ether oxygens (including phenoxy) is 2. The van der Waals surface area contributed by atoms with E-state index in [4.69, 9.17) is 43.8 Å². The first-order chi connectivity index (χ1) is 16.7. The van der Waals surface area contributed by atoms with Crippen LogP contribution in [0.5, 0.6) is 11.5 Å². The van der Waals surface area contributed by atoms with E-state index in [1.807, 2.05) is 7.05 Å². The SMILES string of the molecule is C=CC(=O)N1CCN(C)C(CCn2c(N)c(C=N)cc(-c3c(Cl)c(OC)cc(OC)c3Cl)c2=O)C1. The number of carbonyl (C=O) groups excluding carboxylic acids is 1. The minimum atomic E-state index is -0.412. The first-order valence-electron chi connectivity index (χ1n) is 10.9. The Morgan fingerprint density at radius 1 is 1.23 bits per heavy atom. The summed E-state index contributed by atoms with van der Waals surface area (Å²) in [5.41, 5.74) is 6.62. The van der Waals surface area contributed by atoms with Crippen molar-refractivity contribution < 1.29 is 14.3 Å². The second-order valence-electron chi connectivity index (χ2n) is 8.20. The summed E-state index contributed by atoms with van der Waals surface area (Å²) in [4.78, 5) is 29.6. The third-order valence-electron chi connectivity index (χ3n) is 6.31. The number of nitrogens with zero attached hydrogens (tertiary/aromatic N) is 3. The molecule has 11 heteroatoms. The number of hydrogen-bond donors (Lipinski definition) is 2. The van der Waals surface area contributed by atoms with Crippen molar-refractivity contribution >= 4 is 41.1 Å². The highest BCUT2D eigenvalue weighted by molar-refractivity contribution is 6.41. The molecule has 1 aromatic carbocycles. The third-order valence-corrected chi connectivity index (χ3v) is 7.06. The van der Waals surface area contributed by atoms with Crippen LogP contribution < -0.4 is 20.8 Å². The van der Waals surface area contributed by atoms with Crippen molar-refractivity contribution in [1.29, 1.82) is 5.41 Å². The highest BCUT2D eigenvalue weighted by Crippen LogP contribution is 2.45. The maximum Gasteiger partial charge on any atom is 0.260 e. The van der Waals surface area contributed by atoms with Crippen LogP contribution in [0.25, 0.3) is 11.1 Å². The van der Waals surface area contributed by atoms with Gasteiger partial charge in [-0.2, -0.15) is 0 Å². The number of nitrogen functional groups attached to an aromatic ring is 1. The average molecular weight is 522 g/mol. The molecule has 0 aliphatic carbocycles. The number of nitrogens with two attached hydrogens (primary N) is 1. The lowest BCUT2D eigenvalue weighted by Gasteiger charge is -2.39. The molecule has 1 amide bonds. The second kappa shape index (κ2) is 11.2. The maximum absolute atomic E-state index is 13.7. The summed E-state index contributed by atoms with van der Waals surface area (Å²) in [6.45, 7) is 5.66. The smallest absolute Gasteiger partial charge is 0.260 e. The lowest BCUT2D eigenvalue weighted by molar-refractivity contribution is -0.128. The number of halogens is 2. The van der Waals surface area contributed by atoms with Crippen molar-refractivity contribution in [3.05, 3.63) is 50.8 Å². The Labute approximate surface area is 214 Å². The van der Waals surface area contributed by atoms with Gasteiger partial charge < -0.3 is 25.5 Å². The maximum atomic E-state index is 13.7. The van der Waals surface area contributed by atoms with Gasteiger partial charge >= 0.3 is 0 Å². The summed E-state index contributed by atoms with van der Waals surface area (Å²) < 4.78 is 12.1. The summed E-state index contributed by atoms with van der Waals surface area (Å²) in [6.07, 6.45) is 2.93. The van der Waals surface area contributed by atoms with Gasteiger partial charge in [-0.15, -0.1) is 0 Å². The van der Waals surface area contributed by atoms with Crippen LogP contribution in [0.4, 0.5) is 5.82 Å². The molecular formula is C24H29Cl2N5O4. The molecule has 1 saturated heterocycles. The standard InChI is InChI=1S/C24H29Cl2N5O4/c1-5-19(32)30-9-8-29(2)15(13-30)6-7-31-23(28)14(12-27)10-16(24(31)33)20-21(25)17(34-3)11-18(35-4)22(20)26/h5,10-12,15,27H,1,6-9,13,28H2,2-4H3. The Balaban J connectivity index is 2.06. The lowest BCUT2D eigenvalue weighted by atomic mass is 10.0. The van der Waals surface area contributed by atoms with Crippen LogP contribution in [-0.4, -0.2) is 73.4 Å². The summed E-state index contributed by atoms with van der Waals surface area (Å²) in [6, 6.07) is 3.04. The number of methoxy groups -OCH3 is 2. The fourth-order valence-corrected chi connectivity index (χ4v) is 4.91. The summed E-state index contributed by atoms with van der Waals surface area (Å²) in [5, 5.41) is 8.13. The van der Waals surface area contributed by atoms with E-state index < -0.39 is 5.56 Å². The van der Waals surface area contributed by atoms with Gasteiger partial charge in [0.2, 0.25) is 5.91 Å². The van der Waals surface area contributed by atoms with Crippen molar-refractivity contribution in [2.24, 2.45) is 0 Å². The third kappa shape index (κ3) is 5.17. The van der Waals surface area contributed by atoms with E-state index in [2.05, 4.69) is 11.5 Å². The number of piperazine rings is 1. The largest absolute Gasteiger partial charge is 0.495 e. The van der Waals surface area contributed by atoms with Gasteiger partial charge in [-0.25, -0.2) is 0 Å². The van der Waals surface area contributed by atoms with Gasteiger partial charge in [-0.1, -0.05) is 29.8 Å². The number of aromatic nitrogens is 1. The van der Waals surface area contributed by atoms with E-state index >= 15 is 0 Å². The van der Waals surface area contributed by atoms with Crippen LogP contribution in [0.2, 0.25) is 10.0 Å². The Hall–Kier alpha value is -3.01. The van der Waals surface area contributed by atoms with Crippen molar-refractivity contribution in [1.82, 2.24) is 14.4 Å². The average Bonchev–Trinajstić information content (AvgIpc) is 2.85. The number of carbonyl (C=O) groups is 1. The number of nitrogens with one attached hydrogen (secondary N) is 1. The first-order valence-corrected chi connectivity index (χ1v) is 11.7. The van der Waals surface area contributed by atoms with Crippen LogP contribution in [0, 0.1) is 5.41 Å². The van der Waals surface area contributed by atoms with Gasteiger partial charge in [0.1, 0.15) is 17.3 Å². The predicted molar refractivity (Wildman–Crippen MR) is 139 cm³/mol. The van der Waals surface area contributed by atoms with Crippen LogP contribution in [0.1, 0.15) is 12.0 Å². The lowest BCUT2D eigenvalue weighted by Crippen LogP contribution is -2.53. The fourth-order valence-electron chi connectivity index (χ4n) is 4.21. The molecule has 1 aliphatic rings. The van der Waals surface area contributed by atoms with Gasteiger partial charge in [-0.3, -0.25) is 19.1 Å². The Morgan fingerprint density at radius 3 is 2.40 bits per heavy atom. The van der Waals surface area contributed by atoms with Crippen LogP contribution in [-0.2, 0) is 11.3 Å². The second-order valence-corrected chi connectivity index (χ2v) is 8.95. The van der Waals surface area contributed by atoms with Gasteiger partial charge in [0.25, 0.3) is 5.56 Å². The van der Waals surface area contributed by atoms with Crippen molar-refractivity contribution in [2.45, 2.75) is 19.0 Å². The number of pyridine rings is 1. The molecule has 1 aliphatic heterocycles. The van der Waals surface area contributed by atoms with Gasteiger partial charge in [0, 0.05) is 55.6 Å². The molecule has 2 aromatic rings. The van der Waals surface area contributed by atoms with Gasteiger partial charge in [0.15, 0.2) is 0 Å². The van der Waals surface area contributed by atoms with Gasteiger partial charge in [0.05, 0.1) is 29.8 Å². The van der Waals surface area contributed by atoms with Gasteiger partial charge in [-0.05, 0) is 25.6 Å². The minimum absolute atomic E-state index is 0.00938. The number of rotatable bonds is 8. The molecule has 0 radical (unpaired) electrons. The van der Waals surface area contributed by atoms with E-state index in [-0.39, 0.29) is 57.0 Å². The highest BCUT2D eigenvalue weighted by Gasteiger charge is 2.27. The first kappa shape index (κ1) is 26.6. The van der Waals surface area contributed by atoms with Crippen molar-refractivity contribution in [3.63, 3.8) is 0 Å². The predicted octanol–water partition coefficient (Wildman–Crippen LogP) is 3.14. The van der Waals surface area contributed by atoms with E-state index in [0.717, 1.165) is 6.21 Å². The number of hydrogen-bond acceptors (Lipinski definition) is 7. The quantitative estimate of drug-likeness (QED) is 0.407. The Morgan fingerprint density at radius 2 is 1.86 bits per heavy atom. The number of benzene rings is 1. The molecule has 9 nitrogen and oxygen atoms in total. The number of likely N-dealkylation sites (N-methyl/N-ethyl adjacent to an activating group) is 1. The van der Waals surface area contributed by atoms with Crippen LogP contribution in [0.15, 0.2) is 29.6 Å². The van der Waals surface area contributed by atoms with Crippen LogP contribution >= 0.6 is 23.2 Å². The zero-order chi connectivity index (χ0) is 25.9. The number of anilines is 1. The topological polar surface area (TPSA) is 114 Å². The molecule has 0 bridgehead atoms. The highest BCUT2D eigenvalue weighted by atomic mass is 35.5. The molecule has 3 N–H and O–H groups in total. The molecule has 35 heavy (non-hydrogen) atoms. The summed E-state index contributed by atoms with van der Waals surface area (Å²) in [7, 11) is 4.88.